The zero-order chi connectivity index (χ0) is 18.5. The topological polar surface area (TPSA) is 35.3 Å². The highest BCUT2D eigenvalue weighted by Crippen LogP contribution is 2.47. The molecule has 4 rings (SSSR count). The fraction of sp³-hybridized carbons (Fsp3) is 0.350. The molecule has 0 radical (unpaired) electrons. The number of hydrazone groups is 1. The maximum atomic E-state index is 13.7. The van der Waals surface area contributed by atoms with Gasteiger partial charge in [0.05, 0.1) is 11.7 Å². The number of hydrogen-bond acceptors (Lipinski definition) is 2. The molecule has 2 aromatic rings. The van der Waals surface area contributed by atoms with E-state index in [1.807, 2.05) is 6.21 Å². The van der Waals surface area contributed by atoms with Gasteiger partial charge in [-0.05, 0) is 42.9 Å². The van der Waals surface area contributed by atoms with Crippen LogP contribution < -0.4 is 5.43 Å². The second kappa shape index (κ2) is 6.13. The van der Waals surface area contributed by atoms with E-state index in [4.69, 9.17) is 0 Å². The summed E-state index contributed by atoms with van der Waals surface area (Å²) in [6, 6.07) is 10.3. The number of halogens is 3. The van der Waals surface area contributed by atoms with Gasteiger partial charge in [0.2, 0.25) is 0 Å². The molecule has 1 unspecified atom stereocenters. The van der Waals surface area contributed by atoms with E-state index in [0.29, 0.717) is 11.6 Å². The summed E-state index contributed by atoms with van der Waals surface area (Å²) in [7, 11) is 0. The largest absolute Gasteiger partial charge is 0.419 e. The molecule has 2 N–H and O–H groups in total. The van der Waals surface area contributed by atoms with Crippen LogP contribution in [0.25, 0.3) is 0 Å². The molecule has 0 aromatic heterocycles. The Morgan fingerprint density at radius 3 is 2.46 bits per heavy atom. The zero-order valence-corrected chi connectivity index (χ0v) is 14.3. The van der Waals surface area contributed by atoms with Crippen LogP contribution in [0.5, 0.6) is 0 Å². The van der Waals surface area contributed by atoms with Crippen LogP contribution in [0.3, 0.4) is 0 Å². The minimum Gasteiger partial charge on any atom is -0.389 e. The Kier molecular flexibility index (Phi) is 4.03. The minimum atomic E-state index is -4.42. The van der Waals surface area contributed by atoms with Gasteiger partial charge in [0.1, 0.15) is 0 Å². The monoisotopic (exact) mass is 361 g/mol. The van der Waals surface area contributed by atoms with Crippen molar-refractivity contribution < 1.29 is 23.0 Å². The fourth-order valence-electron chi connectivity index (χ4n) is 3.26. The third-order valence-electron chi connectivity index (χ3n) is 4.88. The van der Waals surface area contributed by atoms with Crippen molar-refractivity contribution in [2.75, 3.05) is 5.43 Å². The van der Waals surface area contributed by atoms with Crippen LogP contribution in [-0.2, 0) is 12.6 Å². The van der Waals surface area contributed by atoms with E-state index in [9.17, 15) is 18.3 Å². The van der Waals surface area contributed by atoms with Crippen molar-refractivity contribution in [3.05, 3.63) is 58.7 Å². The van der Waals surface area contributed by atoms with Gasteiger partial charge in [0, 0.05) is 12.0 Å². The molecule has 3 nitrogen and oxygen atoms in total. The summed E-state index contributed by atoms with van der Waals surface area (Å²) < 4.78 is 42.8. The third-order valence-corrected chi connectivity index (χ3v) is 4.88. The van der Waals surface area contributed by atoms with Crippen LogP contribution in [0.4, 0.5) is 24.5 Å². The summed E-state index contributed by atoms with van der Waals surface area (Å²) >= 11 is 0. The second-order valence-corrected chi connectivity index (χ2v) is 7.05. The fourth-order valence-corrected chi connectivity index (χ4v) is 3.26. The molecule has 1 aliphatic heterocycles. The predicted octanol–water partition coefficient (Wildman–Crippen LogP) is 4.81. The van der Waals surface area contributed by atoms with Gasteiger partial charge in [-0.1, -0.05) is 35.0 Å². The van der Waals surface area contributed by atoms with Crippen molar-refractivity contribution in [2.45, 2.75) is 38.5 Å². The average Bonchev–Trinajstić information content (AvgIpc) is 3.36. The summed E-state index contributed by atoms with van der Waals surface area (Å²) in [4.78, 5) is 0. The molecular formula is C20H20F3N2O+. The van der Waals surface area contributed by atoms with Gasteiger partial charge in [-0.15, -0.1) is 0 Å². The number of fused-ring (bicyclic) bond motifs is 1. The first kappa shape index (κ1) is 17.1. The van der Waals surface area contributed by atoms with Crippen molar-refractivity contribution in [1.82, 2.24) is 0 Å². The average molecular weight is 361 g/mol. The number of hydrazine groups is 1. The molecule has 2 aliphatic rings. The van der Waals surface area contributed by atoms with E-state index in [1.54, 1.807) is 48.0 Å². The van der Waals surface area contributed by atoms with Gasteiger partial charge < -0.3 is 5.11 Å². The first-order valence-corrected chi connectivity index (χ1v) is 8.74. The molecule has 1 fully saturated rings. The van der Waals surface area contributed by atoms with E-state index in [2.05, 4.69) is 5.43 Å². The standard InChI is InChI=1S/C20H20F3N2O/c1-12(26)15-6-4-13(5-7-15)10-16-8-9-17-19(18(16)20(21,22)23)24-25(17)11-14-2-3-14/h4-9,11-12,14,24,26H,2-3,10H2,1H3/q+1. The number of aliphatic hydroxyl groups excluding tert-OH is 1. The van der Waals surface area contributed by atoms with Gasteiger partial charge in [-0.2, -0.15) is 18.6 Å². The number of nitrogens with zero attached hydrogens (tertiary/aromatic N) is 1. The molecule has 0 spiro atoms. The normalized spacial score (nSPS) is 18.9. The summed E-state index contributed by atoms with van der Waals surface area (Å²) in [5, 5.41) is 9.56. The number of aliphatic hydroxyl groups is 1. The van der Waals surface area contributed by atoms with Gasteiger partial charge in [0.15, 0.2) is 11.9 Å². The molecule has 2 aromatic carbocycles. The SMILES string of the molecule is CC(O)c1ccc(Cc2ccc3c(c2C(F)(F)F)N[N+]3=CC2CC2)cc1. The Hall–Kier alpha value is -2.34. The minimum absolute atomic E-state index is 0.160. The third kappa shape index (κ3) is 3.21. The highest BCUT2D eigenvalue weighted by atomic mass is 19.4. The van der Waals surface area contributed by atoms with Crippen LogP contribution in [0.2, 0.25) is 0 Å². The van der Waals surface area contributed by atoms with Crippen molar-refractivity contribution >= 4 is 17.6 Å². The Labute approximate surface area is 149 Å². The van der Waals surface area contributed by atoms with Crippen molar-refractivity contribution in [1.29, 1.82) is 0 Å². The van der Waals surface area contributed by atoms with E-state index in [-0.39, 0.29) is 17.7 Å². The van der Waals surface area contributed by atoms with E-state index in [0.717, 1.165) is 24.0 Å². The lowest BCUT2D eigenvalue weighted by Crippen LogP contribution is -2.30. The zero-order valence-electron chi connectivity index (χ0n) is 14.3. The lowest BCUT2D eigenvalue weighted by molar-refractivity contribution is -0.424. The molecule has 1 heterocycles. The number of rotatable bonds is 4. The van der Waals surface area contributed by atoms with Crippen LogP contribution in [-0.4, -0.2) is 16.0 Å². The van der Waals surface area contributed by atoms with E-state index < -0.39 is 17.8 Å². The van der Waals surface area contributed by atoms with Gasteiger partial charge in [-0.3, -0.25) is 0 Å². The summed E-state index contributed by atoms with van der Waals surface area (Å²) in [6.07, 6.45) is -0.670. The summed E-state index contributed by atoms with van der Waals surface area (Å²) in [5.74, 6) is 0.470. The Morgan fingerprint density at radius 2 is 1.88 bits per heavy atom. The quantitative estimate of drug-likeness (QED) is 0.766. The molecule has 1 aliphatic carbocycles. The van der Waals surface area contributed by atoms with E-state index >= 15 is 0 Å². The number of nitrogens with one attached hydrogen (secondary N) is 1. The van der Waals surface area contributed by atoms with Crippen LogP contribution in [0.15, 0.2) is 36.4 Å². The molecule has 26 heavy (non-hydrogen) atoms. The molecular weight excluding hydrogens is 341 g/mol. The number of hydrogen-bond donors (Lipinski definition) is 2. The summed E-state index contributed by atoms with van der Waals surface area (Å²) in [6.45, 7) is 1.66. The molecule has 136 valence electrons. The van der Waals surface area contributed by atoms with Crippen LogP contribution >= 0.6 is 0 Å². The van der Waals surface area contributed by atoms with Gasteiger partial charge >= 0.3 is 6.18 Å². The maximum absolute atomic E-state index is 13.7. The van der Waals surface area contributed by atoms with Gasteiger partial charge in [-0.25, -0.2) is 0 Å². The van der Waals surface area contributed by atoms with Crippen molar-refractivity contribution in [3.8, 4) is 0 Å². The smallest absolute Gasteiger partial charge is 0.389 e. The highest BCUT2D eigenvalue weighted by molar-refractivity contribution is 5.76. The first-order chi connectivity index (χ1) is 12.3. The lowest BCUT2D eigenvalue weighted by Gasteiger charge is -2.24. The molecule has 6 heteroatoms. The maximum Gasteiger partial charge on any atom is 0.419 e. The van der Waals surface area contributed by atoms with Crippen LogP contribution in [0, 0.1) is 5.92 Å². The number of benzene rings is 2. The first-order valence-electron chi connectivity index (χ1n) is 8.74. The van der Waals surface area contributed by atoms with Crippen molar-refractivity contribution in [3.63, 3.8) is 0 Å². The number of alkyl halides is 3. The highest BCUT2D eigenvalue weighted by Gasteiger charge is 2.45. The molecule has 1 saturated carbocycles. The predicted molar refractivity (Wildman–Crippen MR) is 93.7 cm³/mol. The van der Waals surface area contributed by atoms with Crippen LogP contribution in [0.1, 0.15) is 48.1 Å². The van der Waals surface area contributed by atoms with E-state index in [1.165, 1.54) is 0 Å². The summed E-state index contributed by atoms with van der Waals surface area (Å²) in [5.41, 5.74) is 4.77. The lowest BCUT2D eigenvalue weighted by atomic mass is 9.95. The molecule has 0 bridgehead atoms. The Bertz CT molecular complexity index is 866. The molecule has 0 saturated heterocycles. The second-order valence-electron chi connectivity index (χ2n) is 7.05. The Balaban J connectivity index is 1.67. The molecule has 0 amide bonds. The Morgan fingerprint density at radius 1 is 1.19 bits per heavy atom. The number of anilines is 1. The van der Waals surface area contributed by atoms with Crippen molar-refractivity contribution in [2.24, 2.45) is 5.92 Å². The molecule has 1 atom stereocenters. The van der Waals surface area contributed by atoms with Gasteiger partial charge in [0.25, 0.3) is 5.69 Å².